The summed E-state index contributed by atoms with van der Waals surface area (Å²) in [6.45, 7) is 9.53. The van der Waals surface area contributed by atoms with Gasteiger partial charge in [-0.2, -0.15) is 5.10 Å². The number of nitrogens with zero attached hydrogens (tertiary/aromatic N) is 2. The van der Waals surface area contributed by atoms with Gasteiger partial charge in [-0.3, -0.25) is 4.68 Å². The largest absolute Gasteiger partial charge is 0.268 e. The van der Waals surface area contributed by atoms with Crippen LogP contribution >= 0.6 is 27.7 Å². The second-order valence-corrected chi connectivity index (χ2v) is 6.74. The van der Waals surface area contributed by atoms with Crippen molar-refractivity contribution in [3.05, 3.63) is 45.2 Å². The van der Waals surface area contributed by atoms with E-state index in [1.165, 1.54) is 26.2 Å². The molecule has 2 rings (SSSR count). The average Bonchev–Trinajstić information content (AvgIpc) is 2.75. The maximum absolute atomic E-state index is 4.66. The third kappa shape index (κ3) is 3.29. The van der Waals surface area contributed by atoms with Gasteiger partial charge in [-0.15, -0.1) is 11.8 Å². The molecule has 0 spiro atoms. The first-order valence-electron chi connectivity index (χ1n) is 7.00. The van der Waals surface area contributed by atoms with Crippen LogP contribution in [0.2, 0.25) is 0 Å². The van der Waals surface area contributed by atoms with Gasteiger partial charge in [0.05, 0.1) is 15.9 Å². The van der Waals surface area contributed by atoms with Crippen LogP contribution in [-0.4, -0.2) is 9.78 Å². The lowest BCUT2D eigenvalue weighted by Gasteiger charge is -2.08. The van der Waals surface area contributed by atoms with Crippen molar-refractivity contribution in [2.45, 2.75) is 51.3 Å². The van der Waals surface area contributed by atoms with Crippen LogP contribution < -0.4 is 0 Å². The standard InChI is InChI=1S/C16H21BrN2S/c1-5-13-16(17)14(19(6-2)18-13)10-20-15-9-11(3)7-8-12(15)4/h7-9H,5-6,10H2,1-4H3. The summed E-state index contributed by atoms with van der Waals surface area (Å²) in [7, 11) is 0. The first-order chi connectivity index (χ1) is 9.56. The molecule has 0 bridgehead atoms. The van der Waals surface area contributed by atoms with E-state index in [2.05, 4.69) is 71.6 Å². The van der Waals surface area contributed by atoms with Crippen molar-refractivity contribution in [3.8, 4) is 0 Å². The van der Waals surface area contributed by atoms with Gasteiger partial charge in [0.1, 0.15) is 0 Å². The van der Waals surface area contributed by atoms with Gasteiger partial charge in [0.15, 0.2) is 0 Å². The fourth-order valence-corrected chi connectivity index (χ4v) is 4.20. The van der Waals surface area contributed by atoms with Gasteiger partial charge < -0.3 is 0 Å². The Bertz CT molecular complexity index is 605. The van der Waals surface area contributed by atoms with E-state index >= 15 is 0 Å². The Hall–Kier alpha value is -0.740. The van der Waals surface area contributed by atoms with E-state index in [0.29, 0.717) is 0 Å². The Morgan fingerprint density at radius 3 is 2.65 bits per heavy atom. The Morgan fingerprint density at radius 2 is 2.00 bits per heavy atom. The molecular weight excluding hydrogens is 332 g/mol. The van der Waals surface area contributed by atoms with E-state index in [1.807, 2.05) is 11.8 Å². The van der Waals surface area contributed by atoms with Crippen LogP contribution in [0.1, 0.15) is 36.4 Å². The van der Waals surface area contributed by atoms with Crippen LogP contribution in [-0.2, 0) is 18.7 Å². The zero-order valence-corrected chi connectivity index (χ0v) is 14.9. The predicted molar refractivity (Wildman–Crippen MR) is 90.5 cm³/mol. The SMILES string of the molecule is CCc1nn(CC)c(CSc2cc(C)ccc2C)c1Br. The maximum Gasteiger partial charge on any atom is 0.0767 e. The maximum atomic E-state index is 4.66. The van der Waals surface area contributed by atoms with E-state index in [0.717, 1.165) is 24.4 Å². The van der Waals surface area contributed by atoms with Crippen molar-refractivity contribution < 1.29 is 0 Å². The third-order valence-electron chi connectivity index (χ3n) is 3.40. The second kappa shape index (κ2) is 6.81. The van der Waals surface area contributed by atoms with E-state index < -0.39 is 0 Å². The van der Waals surface area contributed by atoms with Crippen LogP contribution in [0.25, 0.3) is 0 Å². The summed E-state index contributed by atoms with van der Waals surface area (Å²) in [5, 5.41) is 4.66. The van der Waals surface area contributed by atoms with Crippen molar-refractivity contribution in [3.63, 3.8) is 0 Å². The fourth-order valence-electron chi connectivity index (χ4n) is 2.16. The Kier molecular flexibility index (Phi) is 5.33. The van der Waals surface area contributed by atoms with Crippen molar-refractivity contribution in [2.75, 3.05) is 0 Å². The number of benzene rings is 1. The smallest absolute Gasteiger partial charge is 0.0767 e. The zero-order valence-electron chi connectivity index (χ0n) is 12.5. The highest BCUT2D eigenvalue weighted by atomic mass is 79.9. The third-order valence-corrected chi connectivity index (χ3v) is 5.49. The van der Waals surface area contributed by atoms with Crippen LogP contribution in [0.3, 0.4) is 0 Å². The summed E-state index contributed by atoms with van der Waals surface area (Å²) >= 11 is 5.60. The average molecular weight is 353 g/mol. The quantitative estimate of drug-likeness (QED) is 0.693. The lowest BCUT2D eigenvalue weighted by molar-refractivity contribution is 0.627. The molecule has 4 heteroatoms. The summed E-state index contributed by atoms with van der Waals surface area (Å²) in [6, 6.07) is 6.63. The summed E-state index contributed by atoms with van der Waals surface area (Å²) in [6.07, 6.45) is 0.967. The van der Waals surface area contributed by atoms with Gasteiger partial charge >= 0.3 is 0 Å². The molecule has 0 saturated carbocycles. The van der Waals surface area contributed by atoms with Gasteiger partial charge in [-0.1, -0.05) is 24.6 Å². The van der Waals surface area contributed by atoms with Gasteiger partial charge in [-0.05, 0) is 54.8 Å². The van der Waals surface area contributed by atoms with Crippen molar-refractivity contribution in [2.24, 2.45) is 0 Å². The van der Waals surface area contributed by atoms with Gasteiger partial charge in [0.25, 0.3) is 0 Å². The van der Waals surface area contributed by atoms with E-state index in [4.69, 9.17) is 0 Å². The molecule has 2 nitrogen and oxygen atoms in total. The highest BCUT2D eigenvalue weighted by Crippen LogP contribution is 2.31. The van der Waals surface area contributed by atoms with Crippen LogP contribution in [0.4, 0.5) is 0 Å². The molecule has 0 unspecified atom stereocenters. The minimum Gasteiger partial charge on any atom is -0.268 e. The molecule has 0 aliphatic carbocycles. The minimum absolute atomic E-state index is 0.918. The minimum atomic E-state index is 0.918. The van der Waals surface area contributed by atoms with Crippen molar-refractivity contribution in [1.29, 1.82) is 0 Å². The van der Waals surface area contributed by atoms with Crippen molar-refractivity contribution in [1.82, 2.24) is 9.78 Å². The molecule has 0 aliphatic rings. The molecule has 0 saturated heterocycles. The molecule has 0 radical (unpaired) electrons. The van der Waals surface area contributed by atoms with E-state index in [9.17, 15) is 0 Å². The van der Waals surface area contributed by atoms with E-state index in [1.54, 1.807) is 0 Å². The lowest BCUT2D eigenvalue weighted by atomic mass is 10.2. The number of halogens is 1. The van der Waals surface area contributed by atoms with Crippen LogP contribution in [0.15, 0.2) is 27.6 Å². The molecule has 0 amide bonds. The number of thioether (sulfide) groups is 1. The van der Waals surface area contributed by atoms with Crippen molar-refractivity contribution >= 4 is 27.7 Å². The Balaban J connectivity index is 2.22. The molecule has 2 aromatic rings. The molecule has 108 valence electrons. The monoisotopic (exact) mass is 352 g/mol. The normalized spacial score (nSPS) is 11.1. The molecule has 0 aliphatic heterocycles. The first-order valence-corrected chi connectivity index (χ1v) is 8.78. The second-order valence-electron chi connectivity index (χ2n) is 4.93. The number of hydrogen-bond donors (Lipinski definition) is 0. The summed E-state index contributed by atoms with van der Waals surface area (Å²) in [5.41, 5.74) is 5.10. The summed E-state index contributed by atoms with van der Waals surface area (Å²) in [5.74, 6) is 0.950. The number of hydrogen-bond acceptors (Lipinski definition) is 2. The van der Waals surface area contributed by atoms with Crippen LogP contribution in [0.5, 0.6) is 0 Å². The lowest BCUT2D eigenvalue weighted by Crippen LogP contribution is -2.02. The number of aryl methyl sites for hydroxylation is 4. The molecule has 0 fully saturated rings. The van der Waals surface area contributed by atoms with Gasteiger partial charge in [-0.25, -0.2) is 0 Å². The van der Waals surface area contributed by atoms with Gasteiger partial charge in [0.2, 0.25) is 0 Å². The summed E-state index contributed by atoms with van der Waals surface area (Å²) < 4.78 is 3.29. The Morgan fingerprint density at radius 1 is 1.25 bits per heavy atom. The molecule has 1 aromatic heterocycles. The topological polar surface area (TPSA) is 17.8 Å². The molecule has 20 heavy (non-hydrogen) atoms. The Labute approximate surface area is 134 Å². The van der Waals surface area contributed by atoms with Gasteiger partial charge in [0, 0.05) is 17.2 Å². The molecule has 1 heterocycles. The molecular formula is C16H21BrN2S. The highest BCUT2D eigenvalue weighted by molar-refractivity contribution is 9.10. The molecule has 0 N–H and O–H groups in total. The van der Waals surface area contributed by atoms with Crippen LogP contribution in [0, 0.1) is 13.8 Å². The number of aromatic nitrogens is 2. The number of rotatable bonds is 5. The highest BCUT2D eigenvalue weighted by Gasteiger charge is 2.14. The molecule has 1 aromatic carbocycles. The zero-order chi connectivity index (χ0) is 14.7. The predicted octanol–water partition coefficient (Wildman–Crippen LogP) is 5.14. The first kappa shape index (κ1) is 15.6. The summed E-state index contributed by atoms with van der Waals surface area (Å²) in [4.78, 5) is 1.36. The van der Waals surface area contributed by atoms with E-state index in [-0.39, 0.29) is 0 Å². The molecule has 0 atom stereocenters. The fraction of sp³-hybridized carbons (Fsp3) is 0.438.